The van der Waals surface area contributed by atoms with E-state index in [1.165, 1.54) is 11.3 Å². The van der Waals surface area contributed by atoms with Gasteiger partial charge in [-0.25, -0.2) is 15.0 Å². The Balaban J connectivity index is 0.00000173. The number of piperazine rings is 1. The van der Waals surface area contributed by atoms with E-state index in [4.69, 9.17) is 9.97 Å². The molecule has 1 fully saturated rings. The summed E-state index contributed by atoms with van der Waals surface area (Å²) in [5, 5.41) is 12.6. The fourth-order valence-electron chi connectivity index (χ4n) is 5.05. The van der Waals surface area contributed by atoms with Gasteiger partial charge in [0.05, 0.1) is 22.9 Å². The molecule has 1 aliphatic rings. The lowest BCUT2D eigenvalue weighted by atomic mass is 10.1. The minimum Gasteiger partial charge on any atom is -0.395 e. The second-order valence-electron chi connectivity index (χ2n) is 9.88. The molecule has 3 aromatic heterocycles. The van der Waals surface area contributed by atoms with Crippen molar-refractivity contribution in [2.75, 3.05) is 49.5 Å². The van der Waals surface area contributed by atoms with Crippen LogP contribution in [-0.4, -0.2) is 68.7 Å². The Morgan fingerprint density at radius 3 is 2.45 bits per heavy atom. The average Bonchev–Trinajstić information content (AvgIpc) is 3.41. The van der Waals surface area contributed by atoms with Crippen LogP contribution in [-0.2, 0) is 0 Å². The van der Waals surface area contributed by atoms with Gasteiger partial charge in [-0.3, -0.25) is 14.1 Å². The van der Waals surface area contributed by atoms with Crippen molar-refractivity contribution < 1.29 is 5.11 Å². The van der Waals surface area contributed by atoms with Gasteiger partial charge in [-0.15, -0.1) is 0 Å². The molecule has 0 spiro atoms. The Morgan fingerprint density at radius 1 is 0.952 bits per heavy atom. The largest absolute Gasteiger partial charge is 0.395 e. The van der Waals surface area contributed by atoms with Crippen LogP contribution in [0.25, 0.3) is 26.8 Å². The van der Waals surface area contributed by atoms with Crippen LogP contribution in [0.4, 0.5) is 17.3 Å². The lowest BCUT2D eigenvalue weighted by molar-refractivity contribution is 0.189. The molecule has 0 atom stereocenters. The number of benzene rings is 2. The normalized spacial score (nSPS) is 13.6. The zero-order valence-electron chi connectivity index (χ0n) is 24.5. The first-order valence-electron chi connectivity index (χ1n) is 14.4. The van der Waals surface area contributed by atoms with Crippen molar-refractivity contribution >= 4 is 33.6 Å². The van der Waals surface area contributed by atoms with Crippen molar-refractivity contribution in [3.63, 3.8) is 0 Å². The summed E-state index contributed by atoms with van der Waals surface area (Å²) >= 11 is 1.46. The van der Waals surface area contributed by atoms with Gasteiger partial charge in [0, 0.05) is 67.1 Å². The van der Waals surface area contributed by atoms with Gasteiger partial charge in [0.15, 0.2) is 4.96 Å². The van der Waals surface area contributed by atoms with Gasteiger partial charge in [0.2, 0.25) is 5.95 Å². The molecule has 0 bridgehead atoms. The first-order valence-corrected chi connectivity index (χ1v) is 15.2. The van der Waals surface area contributed by atoms with Crippen molar-refractivity contribution in [2.24, 2.45) is 0 Å². The Bertz CT molecular complexity index is 1710. The zero-order valence-corrected chi connectivity index (χ0v) is 25.4. The molecule has 6 rings (SSSR count). The van der Waals surface area contributed by atoms with E-state index in [2.05, 4.69) is 32.2 Å². The molecular weight excluding hydrogens is 546 g/mol. The molecule has 9 nitrogen and oxygen atoms in total. The van der Waals surface area contributed by atoms with Gasteiger partial charge in [-0.1, -0.05) is 61.6 Å². The summed E-state index contributed by atoms with van der Waals surface area (Å²) in [6.07, 6.45) is 1.74. The minimum atomic E-state index is -0.0646. The van der Waals surface area contributed by atoms with E-state index in [9.17, 15) is 9.90 Å². The van der Waals surface area contributed by atoms with Crippen LogP contribution in [0.15, 0.2) is 71.7 Å². The quantitative estimate of drug-likeness (QED) is 0.264. The predicted molar refractivity (Wildman–Crippen MR) is 172 cm³/mol. The van der Waals surface area contributed by atoms with E-state index in [-0.39, 0.29) is 12.2 Å². The molecule has 218 valence electrons. The number of hydrogen-bond donors (Lipinski definition) is 2. The third-order valence-corrected chi connectivity index (χ3v) is 8.41. The Hall–Kier alpha value is -4.12. The van der Waals surface area contributed by atoms with Crippen LogP contribution >= 0.6 is 11.3 Å². The SMILES string of the molecule is CC.Cc1nc2sc(-c3ccnc(Nc4cccc(N5CCN(CCO)CC5)c4)n3)c(-c3ccccc3)n2c(=O)c1C. The molecule has 1 saturated heterocycles. The van der Waals surface area contributed by atoms with E-state index in [1.807, 2.05) is 76.2 Å². The lowest BCUT2D eigenvalue weighted by Gasteiger charge is -2.35. The summed E-state index contributed by atoms with van der Waals surface area (Å²) < 4.78 is 1.71. The summed E-state index contributed by atoms with van der Waals surface area (Å²) in [6.45, 7) is 12.3. The second-order valence-corrected chi connectivity index (χ2v) is 10.9. The standard InChI is InChI=1S/C30H31N7O2S.C2H6/c1-20-21(2)32-30-37(28(20)39)26(22-7-4-3-5-8-22)27(40-30)25-11-12-31-29(34-25)33-23-9-6-10-24(19-23)36-15-13-35(14-16-36)17-18-38;1-2/h3-12,19,38H,13-18H2,1-2H3,(H,31,33,34);1-2H3. The maximum atomic E-state index is 13.4. The van der Waals surface area contributed by atoms with Gasteiger partial charge in [-0.05, 0) is 38.1 Å². The van der Waals surface area contributed by atoms with Gasteiger partial charge < -0.3 is 15.3 Å². The van der Waals surface area contributed by atoms with Crippen LogP contribution in [0, 0.1) is 13.8 Å². The molecule has 0 unspecified atom stereocenters. The number of aliphatic hydroxyl groups is 1. The first kappa shape index (κ1) is 29.4. The predicted octanol–water partition coefficient (Wildman–Crippen LogP) is 5.38. The number of fused-ring (bicyclic) bond motifs is 1. The zero-order chi connectivity index (χ0) is 29.6. The van der Waals surface area contributed by atoms with Crippen molar-refractivity contribution in [3.8, 4) is 21.8 Å². The van der Waals surface area contributed by atoms with E-state index < -0.39 is 0 Å². The van der Waals surface area contributed by atoms with Gasteiger partial charge in [-0.2, -0.15) is 0 Å². The monoisotopic (exact) mass is 583 g/mol. The lowest BCUT2D eigenvalue weighted by Crippen LogP contribution is -2.47. The van der Waals surface area contributed by atoms with Gasteiger partial charge in [0.1, 0.15) is 0 Å². The molecule has 0 aliphatic carbocycles. The molecule has 10 heteroatoms. The number of nitrogens with one attached hydrogen (secondary N) is 1. The molecule has 4 heterocycles. The fraction of sp³-hybridized carbons (Fsp3) is 0.312. The third-order valence-electron chi connectivity index (χ3n) is 7.34. The molecule has 1 aliphatic heterocycles. The smallest absolute Gasteiger partial charge is 0.262 e. The number of aliphatic hydroxyl groups excluding tert-OH is 1. The highest BCUT2D eigenvalue weighted by molar-refractivity contribution is 7.20. The molecule has 0 radical (unpaired) electrons. The molecule has 42 heavy (non-hydrogen) atoms. The first-order chi connectivity index (χ1) is 20.5. The van der Waals surface area contributed by atoms with E-state index in [0.717, 1.165) is 71.6 Å². The van der Waals surface area contributed by atoms with Crippen molar-refractivity contribution in [3.05, 3.63) is 88.5 Å². The molecule has 2 aromatic carbocycles. The van der Waals surface area contributed by atoms with E-state index >= 15 is 0 Å². The highest BCUT2D eigenvalue weighted by atomic mass is 32.1. The van der Waals surface area contributed by atoms with E-state index in [1.54, 1.807) is 10.6 Å². The molecule has 0 saturated carbocycles. The molecule has 0 amide bonds. The maximum Gasteiger partial charge on any atom is 0.262 e. The topological polar surface area (TPSA) is 98.9 Å². The van der Waals surface area contributed by atoms with Crippen LogP contribution in [0.2, 0.25) is 0 Å². The Labute approximate surface area is 250 Å². The molecule has 5 aromatic rings. The second kappa shape index (κ2) is 13.2. The summed E-state index contributed by atoms with van der Waals surface area (Å²) in [5.74, 6) is 0.478. The Morgan fingerprint density at radius 2 is 1.71 bits per heavy atom. The number of hydrogen-bond acceptors (Lipinski definition) is 9. The minimum absolute atomic E-state index is 0.0646. The highest BCUT2D eigenvalue weighted by Gasteiger charge is 2.21. The van der Waals surface area contributed by atoms with Crippen LogP contribution in [0.5, 0.6) is 0 Å². The summed E-state index contributed by atoms with van der Waals surface area (Å²) in [6, 6.07) is 20.0. The molecule has 2 N–H and O–H groups in total. The number of nitrogens with zero attached hydrogens (tertiary/aromatic N) is 6. The number of rotatable bonds is 7. The number of aryl methyl sites for hydroxylation is 1. The number of anilines is 3. The number of β-amino-alcohol motifs (C(OH)–C–C–N with tert-alkyl or cyclic N) is 1. The molecular formula is C32H37N7O2S. The fourth-order valence-corrected chi connectivity index (χ4v) is 6.20. The highest BCUT2D eigenvalue weighted by Crippen LogP contribution is 2.38. The number of aromatic nitrogens is 4. The van der Waals surface area contributed by atoms with Crippen molar-refractivity contribution in [2.45, 2.75) is 27.7 Å². The van der Waals surface area contributed by atoms with Crippen LogP contribution in [0.1, 0.15) is 25.1 Å². The average molecular weight is 584 g/mol. The van der Waals surface area contributed by atoms with Gasteiger partial charge in [0.25, 0.3) is 5.56 Å². The van der Waals surface area contributed by atoms with Crippen LogP contribution in [0.3, 0.4) is 0 Å². The maximum absolute atomic E-state index is 13.4. The van der Waals surface area contributed by atoms with Crippen LogP contribution < -0.4 is 15.8 Å². The van der Waals surface area contributed by atoms with Crippen molar-refractivity contribution in [1.29, 1.82) is 0 Å². The van der Waals surface area contributed by atoms with Gasteiger partial charge >= 0.3 is 0 Å². The summed E-state index contributed by atoms with van der Waals surface area (Å²) in [5.41, 5.74) is 5.77. The summed E-state index contributed by atoms with van der Waals surface area (Å²) in [7, 11) is 0. The summed E-state index contributed by atoms with van der Waals surface area (Å²) in [4.78, 5) is 33.6. The Kier molecular flexibility index (Phi) is 9.26. The third kappa shape index (κ3) is 6.06. The van der Waals surface area contributed by atoms with E-state index in [0.29, 0.717) is 16.5 Å². The van der Waals surface area contributed by atoms with Crippen molar-refractivity contribution in [1.82, 2.24) is 24.3 Å². The number of thiazole rings is 1.